The topological polar surface area (TPSA) is 80.0 Å². The number of nitrogens with zero attached hydrogens (tertiary/aromatic N) is 3. The van der Waals surface area contributed by atoms with Gasteiger partial charge in [0.05, 0.1) is 29.7 Å². The molecule has 0 spiro atoms. The van der Waals surface area contributed by atoms with E-state index in [1.54, 1.807) is 30.8 Å². The van der Waals surface area contributed by atoms with Crippen molar-refractivity contribution in [2.75, 3.05) is 5.75 Å². The standard InChI is InChI=1S/C20H20N4O2S/c1-13(25)17-6-3-7-18(23-17)14-4-2-5-15(10-14)19(26)21-11-16-12-24-8-9-27-20(24)22-16/h2-7,10,12-13,25H,8-9,11H2,1H3,(H,21,26). The molecular formula is C20H20N4O2S. The SMILES string of the molecule is CC(O)c1cccc(-c2cccc(C(=O)NCc3cn4c(n3)SCC4)c2)n1. The van der Waals surface area contributed by atoms with E-state index in [2.05, 4.69) is 19.9 Å². The summed E-state index contributed by atoms with van der Waals surface area (Å²) in [5.74, 6) is 0.913. The summed E-state index contributed by atoms with van der Waals surface area (Å²) in [6.07, 6.45) is 1.36. The van der Waals surface area contributed by atoms with E-state index in [1.165, 1.54) is 0 Å². The lowest BCUT2D eigenvalue weighted by molar-refractivity contribution is 0.0950. The Morgan fingerprint density at radius 3 is 2.96 bits per heavy atom. The maximum Gasteiger partial charge on any atom is 0.251 e. The zero-order valence-electron chi connectivity index (χ0n) is 14.9. The quantitative estimate of drug-likeness (QED) is 0.711. The molecule has 1 amide bonds. The molecule has 6 nitrogen and oxygen atoms in total. The number of amides is 1. The second-order valence-electron chi connectivity index (χ2n) is 6.44. The van der Waals surface area contributed by atoms with Gasteiger partial charge in [-0.1, -0.05) is 30.0 Å². The monoisotopic (exact) mass is 380 g/mol. The largest absolute Gasteiger partial charge is 0.387 e. The highest BCUT2D eigenvalue weighted by molar-refractivity contribution is 7.99. The van der Waals surface area contributed by atoms with Gasteiger partial charge < -0.3 is 15.0 Å². The van der Waals surface area contributed by atoms with Gasteiger partial charge in [-0.15, -0.1) is 0 Å². The zero-order valence-corrected chi connectivity index (χ0v) is 15.7. The second kappa shape index (κ2) is 7.54. The minimum absolute atomic E-state index is 0.149. The number of nitrogens with one attached hydrogen (secondary N) is 1. The van der Waals surface area contributed by atoms with Crippen LogP contribution in [0, 0.1) is 0 Å². The van der Waals surface area contributed by atoms with Crippen molar-refractivity contribution in [2.24, 2.45) is 0 Å². The van der Waals surface area contributed by atoms with Gasteiger partial charge in [0.25, 0.3) is 5.91 Å². The van der Waals surface area contributed by atoms with Crippen LogP contribution < -0.4 is 5.32 Å². The number of thioether (sulfide) groups is 1. The van der Waals surface area contributed by atoms with E-state index < -0.39 is 6.10 Å². The van der Waals surface area contributed by atoms with Crippen LogP contribution in [0.4, 0.5) is 0 Å². The molecule has 3 heterocycles. The highest BCUT2D eigenvalue weighted by Gasteiger charge is 2.15. The Hall–Kier alpha value is -2.64. The molecule has 0 fully saturated rings. The number of fused-ring (bicyclic) bond motifs is 1. The van der Waals surface area contributed by atoms with Crippen molar-refractivity contribution in [2.45, 2.75) is 31.3 Å². The van der Waals surface area contributed by atoms with Crippen LogP contribution in [0.15, 0.2) is 53.8 Å². The number of benzene rings is 1. The number of carbonyl (C=O) groups excluding carboxylic acids is 1. The number of aliphatic hydroxyl groups excluding tert-OH is 1. The summed E-state index contributed by atoms with van der Waals surface area (Å²) in [4.78, 5) is 21.5. The Bertz CT molecular complexity index is 962. The molecule has 138 valence electrons. The number of carbonyl (C=O) groups is 1. The van der Waals surface area contributed by atoms with Crippen molar-refractivity contribution >= 4 is 17.7 Å². The number of aryl methyl sites for hydroxylation is 1. The summed E-state index contributed by atoms with van der Waals surface area (Å²) in [6, 6.07) is 12.8. The Balaban J connectivity index is 1.48. The normalized spacial score (nSPS) is 14.0. The lowest BCUT2D eigenvalue weighted by atomic mass is 10.1. The molecule has 1 aliphatic heterocycles. The maximum atomic E-state index is 12.5. The van der Waals surface area contributed by atoms with Crippen molar-refractivity contribution in [1.82, 2.24) is 19.9 Å². The first-order valence-corrected chi connectivity index (χ1v) is 9.81. The number of aromatic nitrogens is 3. The number of pyridine rings is 1. The van der Waals surface area contributed by atoms with Crippen LogP contribution in [0.2, 0.25) is 0 Å². The van der Waals surface area contributed by atoms with Gasteiger partial charge in [-0.05, 0) is 31.2 Å². The molecule has 7 heteroatoms. The first-order chi connectivity index (χ1) is 13.1. The van der Waals surface area contributed by atoms with Gasteiger partial charge in [0.15, 0.2) is 5.16 Å². The van der Waals surface area contributed by atoms with Gasteiger partial charge in [0.2, 0.25) is 0 Å². The minimum atomic E-state index is -0.633. The van der Waals surface area contributed by atoms with Crippen LogP contribution in [0.5, 0.6) is 0 Å². The molecule has 2 N–H and O–H groups in total. The molecule has 3 aromatic rings. The van der Waals surface area contributed by atoms with Gasteiger partial charge in [0, 0.05) is 29.6 Å². The van der Waals surface area contributed by atoms with Crippen LogP contribution in [-0.4, -0.2) is 31.3 Å². The van der Waals surface area contributed by atoms with Crippen LogP contribution in [-0.2, 0) is 13.1 Å². The van der Waals surface area contributed by atoms with E-state index in [9.17, 15) is 9.90 Å². The van der Waals surface area contributed by atoms with E-state index in [0.29, 0.717) is 17.8 Å². The number of imidazole rings is 1. The van der Waals surface area contributed by atoms with Gasteiger partial charge in [-0.2, -0.15) is 0 Å². The third-order valence-corrected chi connectivity index (χ3v) is 5.37. The summed E-state index contributed by atoms with van der Waals surface area (Å²) in [5, 5.41) is 13.7. The molecule has 1 aromatic carbocycles. The van der Waals surface area contributed by atoms with Crippen molar-refractivity contribution < 1.29 is 9.90 Å². The number of rotatable bonds is 5. The lowest BCUT2D eigenvalue weighted by Gasteiger charge is -2.08. The zero-order chi connectivity index (χ0) is 18.8. The van der Waals surface area contributed by atoms with Gasteiger partial charge in [-0.3, -0.25) is 9.78 Å². The summed E-state index contributed by atoms with van der Waals surface area (Å²) in [6.45, 7) is 3.06. The molecule has 27 heavy (non-hydrogen) atoms. The average Bonchev–Trinajstić information content (AvgIpc) is 3.28. The molecule has 0 saturated carbocycles. The Kier molecular flexibility index (Phi) is 4.96. The Morgan fingerprint density at radius 1 is 1.30 bits per heavy atom. The van der Waals surface area contributed by atoms with Gasteiger partial charge in [0.1, 0.15) is 0 Å². The van der Waals surface area contributed by atoms with Crippen molar-refractivity contribution in [3.8, 4) is 11.3 Å². The highest BCUT2D eigenvalue weighted by Crippen LogP contribution is 2.24. The first kappa shape index (κ1) is 17.8. The average molecular weight is 380 g/mol. The molecule has 1 unspecified atom stereocenters. The summed E-state index contributed by atoms with van der Waals surface area (Å²) in [5.41, 5.74) is 3.60. The van der Waals surface area contributed by atoms with Crippen LogP contribution in [0.1, 0.15) is 34.8 Å². The third-order valence-electron chi connectivity index (χ3n) is 4.40. The van der Waals surface area contributed by atoms with Crippen LogP contribution in [0.3, 0.4) is 0 Å². The van der Waals surface area contributed by atoms with Crippen LogP contribution >= 0.6 is 11.8 Å². The number of hydrogen-bond donors (Lipinski definition) is 2. The first-order valence-electron chi connectivity index (χ1n) is 8.82. The number of hydrogen-bond acceptors (Lipinski definition) is 5. The molecule has 1 atom stereocenters. The third kappa shape index (κ3) is 3.89. The van der Waals surface area contributed by atoms with Gasteiger partial charge in [-0.25, -0.2) is 4.98 Å². The van der Waals surface area contributed by atoms with E-state index >= 15 is 0 Å². The fraction of sp³-hybridized carbons (Fsp3) is 0.250. The summed E-state index contributed by atoms with van der Waals surface area (Å²) >= 11 is 1.74. The van der Waals surface area contributed by atoms with Crippen molar-refractivity contribution in [3.05, 3.63) is 65.6 Å². The fourth-order valence-electron chi connectivity index (χ4n) is 2.98. The van der Waals surface area contributed by atoms with Crippen molar-refractivity contribution in [1.29, 1.82) is 0 Å². The molecular weight excluding hydrogens is 360 g/mol. The molecule has 0 radical (unpaired) electrons. The van der Waals surface area contributed by atoms with Gasteiger partial charge >= 0.3 is 0 Å². The van der Waals surface area contributed by atoms with E-state index in [0.717, 1.165) is 34.4 Å². The summed E-state index contributed by atoms with van der Waals surface area (Å²) in [7, 11) is 0. The number of aliphatic hydroxyl groups is 1. The second-order valence-corrected chi connectivity index (χ2v) is 7.51. The van der Waals surface area contributed by atoms with Crippen molar-refractivity contribution in [3.63, 3.8) is 0 Å². The maximum absolute atomic E-state index is 12.5. The predicted octanol–water partition coefficient (Wildman–Crippen LogP) is 3.03. The molecule has 0 bridgehead atoms. The molecule has 0 saturated heterocycles. The van der Waals surface area contributed by atoms with E-state index in [1.807, 2.05) is 36.5 Å². The Labute approximate surface area is 161 Å². The molecule has 1 aliphatic rings. The summed E-state index contributed by atoms with van der Waals surface area (Å²) < 4.78 is 2.12. The van der Waals surface area contributed by atoms with Crippen LogP contribution in [0.25, 0.3) is 11.3 Å². The molecule has 0 aliphatic carbocycles. The Morgan fingerprint density at radius 2 is 2.15 bits per heavy atom. The van der Waals surface area contributed by atoms with E-state index in [4.69, 9.17) is 0 Å². The lowest BCUT2D eigenvalue weighted by Crippen LogP contribution is -2.23. The smallest absolute Gasteiger partial charge is 0.251 e. The minimum Gasteiger partial charge on any atom is -0.387 e. The molecule has 2 aromatic heterocycles. The molecule has 4 rings (SSSR count). The van der Waals surface area contributed by atoms with E-state index in [-0.39, 0.29) is 5.91 Å². The predicted molar refractivity (Wildman–Crippen MR) is 104 cm³/mol. The fourth-order valence-corrected chi connectivity index (χ4v) is 3.95. The highest BCUT2D eigenvalue weighted by atomic mass is 32.2.